The molecule has 1 aliphatic carbocycles. The third-order valence-electron chi connectivity index (χ3n) is 4.79. The van der Waals surface area contributed by atoms with Gasteiger partial charge in [0.15, 0.2) is 0 Å². The molecule has 0 unspecified atom stereocenters. The Bertz CT molecular complexity index is 988. The van der Waals surface area contributed by atoms with E-state index in [4.69, 9.17) is 21.1 Å². The standard InChI is InChI=1S/C21H20ClN3O3/c1-27-15-4-3-5-16(28-2)17(15)21(26)23-20-18(12-6-7-12)24-25-19(20)13-8-10-14(22)11-9-13/h3-5,8-12H,6-7H2,1-2H3,(H,23,26)(H,24,25). The molecule has 144 valence electrons. The van der Waals surface area contributed by atoms with Gasteiger partial charge in [0.2, 0.25) is 0 Å². The van der Waals surface area contributed by atoms with Crippen LogP contribution in [0.15, 0.2) is 42.5 Å². The molecule has 1 fully saturated rings. The maximum absolute atomic E-state index is 13.2. The first-order valence-electron chi connectivity index (χ1n) is 8.99. The highest BCUT2D eigenvalue weighted by Crippen LogP contribution is 2.45. The number of amides is 1. The number of anilines is 1. The van der Waals surface area contributed by atoms with E-state index in [0.29, 0.717) is 39.4 Å². The molecule has 0 aliphatic heterocycles. The summed E-state index contributed by atoms with van der Waals surface area (Å²) in [7, 11) is 3.05. The van der Waals surface area contributed by atoms with Gasteiger partial charge in [0.1, 0.15) is 22.8 Å². The number of benzene rings is 2. The number of ether oxygens (including phenoxy) is 2. The lowest BCUT2D eigenvalue weighted by molar-refractivity contribution is 0.102. The molecule has 1 amide bonds. The lowest BCUT2D eigenvalue weighted by Gasteiger charge is -2.14. The molecule has 2 N–H and O–H groups in total. The topological polar surface area (TPSA) is 76.2 Å². The van der Waals surface area contributed by atoms with Crippen molar-refractivity contribution in [3.05, 3.63) is 58.7 Å². The van der Waals surface area contributed by atoms with Crippen LogP contribution in [0.3, 0.4) is 0 Å². The number of carbonyl (C=O) groups excluding carboxylic acids is 1. The number of methoxy groups -OCH3 is 2. The van der Waals surface area contributed by atoms with Crippen LogP contribution in [0.4, 0.5) is 5.69 Å². The summed E-state index contributed by atoms with van der Waals surface area (Å²) in [6.07, 6.45) is 2.15. The van der Waals surface area contributed by atoms with Gasteiger partial charge in [-0.05, 0) is 37.1 Å². The smallest absolute Gasteiger partial charge is 0.263 e. The van der Waals surface area contributed by atoms with E-state index >= 15 is 0 Å². The highest BCUT2D eigenvalue weighted by atomic mass is 35.5. The number of rotatable bonds is 6. The van der Waals surface area contributed by atoms with E-state index in [1.165, 1.54) is 14.2 Å². The summed E-state index contributed by atoms with van der Waals surface area (Å²) in [5.74, 6) is 0.957. The van der Waals surface area contributed by atoms with E-state index in [1.54, 1.807) is 30.3 Å². The second-order valence-electron chi connectivity index (χ2n) is 6.63. The number of hydrogen-bond acceptors (Lipinski definition) is 4. The molecule has 0 atom stereocenters. The molecule has 4 rings (SSSR count). The van der Waals surface area contributed by atoms with Gasteiger partial charge in [-0.2, -0.15) is 5.10 Å². The summed E-state index contributed by atoms with van der Waals surface area (Å²) < 4.78 is 10.7. The zero-order valence-electron chi connectivity index (χ0n) is 15.6. The fourth-order valence-corrected chi connectivity index (χ4v) is 3.34. The highest BCUT2D eigenvalue weighted by molar-refractivity contribution is 6.30. The van der Waals surface area contributed by atoms with Gasteiger partial charge >= 0.3 is 0 Å². The van der Waals surface area contributed by atoms with Crippen molar-refractivity contribution in [1.29, 1.82) is 0 Å². The molecule has 0 saturated heterocycles. The Morgan fingerprint density at radius 3 is 2.32 bits per heavy atom. The van der Waals surface area contributed by atoms with Crippen molar-refractivity contribution in [1.82, 2.24) is 10.2 Å². The average molecular weight is 398 g/mol. The van der Waals surface area contributed by atoms with Crippen molar-refractivity contribution in [2.45, 2.75) is 18.8 Å². The summed E-state index contributed by atoms with van der Waals surface area (Å²) >= 11 is 6.01. The summed E-state index contributed by atoms with van der Waals surface area (Å²) in [6, 6.07) is 12.6. The van der Waals surface area contributed by atoms with Gasteiger partial charge in [-0.3, -0.25) is 9.89 Å². The Morgan fingerprint density at radius 1 is 1.11 bits per heavy atom. The van der Waals surface area contributed by atoms with Crippen molar-refractivity contribution in [2.24, 2.45) is 0 Å². The molecule has 0 spiro atoms. The minimum atomic E-state index is -0.312. The molecule has 6 nitrogen and oxygen atoms in total. The summed E-state index contributed by atoms with van der Waals surface area (Å²) in [5.41, 5.74) is 3.52. The van der Waals surface area contributed by atoms with Gasteiger partial charge in [-0.15, -0.1) is 0 Å². The van der Waals surface area contributed by atoms with Gasteiger partial charge in [0.25, 0.3) is 5.91 Å². The van der Waals surface area contributed by atoms with Crippen molar-refractivity contribution in [2.75, 3.05) is 19.5 Å². The number of halogens is 1. The molecule has 2 aromatic carbocycles. The average Bonchev–Trinajstić information content (AvgIpc) is 3.48. The van der Waals surface area contributed by atoms with Crippen LogP contribution >= 0.6 is 11.6 Å². The first kappa shape index (κ1) is 18.4. The van der Waals surface area contributed by atoms with Crippen LogP contribution in [0, 0.1) is 0 Å². The van der Waals surface area contributed by atoms with Crippen LogP contribution in [-0.4, -0.2) is 30.3 Å². The SMILES string of the molecule is COc1cccc(OC)c1C(=O)Nc1c(-c2ccc(Cl)cc2)n[nH]c1C1CC1. The summed E-state index contributed by atoms with van der Waals surface area (Å²) in [6.45, 7) is 0. The number of carbonyl (C=O) groups is 1. The monoisotopic (exact) mass is 397 g/mol. The van der Waals surface area contributed by atoms with E-state index in [2.05, 4.69) is 15.5 Å². The first-order chi connectivity index (χ1) is 13.6. The van der Waals surface area contributed by atoms with E-state index in [-0.39, 0.29) is 5.91 Å². The van der Waals surface area contributed by atoms with Crippen molar-refractivity contribution < 1.29 is 14.3 Å². The predicted octanol–water partition coefficient (Wildman–Crippen LogP) is 4.88. The molecular formula is C21H20ClN3O3. The molecule has 1 aromatic heterocycles. The van der Waals surface area contributed by atoms with Crippen molar-refractivity contribution >= 4 is 23.2 Å². The van der Waals surface area contributed by atoms with E-state index in [1.807, 2.05) is 12.1 Å². The number of nitrogens with one attached hydrogen (secondary N) is 2. The van der Waals surface area contributed by atoms with Gasteiger partial charge in [0, 0.05) is 16.5 Å². The van der Waals surface area contributed by atoms with Gasteiger partial charge in [-0.25, -0.2) is 0 Å². The lowest BCUT2D eigenvalue weighted by atomic mass is 10.1. The van der Waals surface area contributed by atoms with Crippen LogP contribution in [0.5, 0.6) is 11.5 Å². The summed E-state index contributed by atoms with van der Waals surface area (Å²) in [4.78, 5) is 13.2. The zero-order chi connectivity index (χ0) is 19.7. The second kappa shape index (κ2) is 7.56. The largest absolute Gasteiger partial charge is 0.496 e. The highest BCUT2D eigenvalue weighted by Gasteiger charge is 2.31. The Labute approximate surface area is 167 Å². The van der Waals surface area contributed by atoms with Crippen LogP contribution < -0.4 is 14.8 Å². The Morgan fingerprint density at radius 2 is 1.75 bits per heavy atom. The quantitative estimate of drug-likeness (QED) is 0.621. The zero-order valence-corrected chi connectivity index (χ0v) is 16.3. The Hall–Kier alpha value is -2.99. The number of nitrogens with zero attached hydrogens (tertiary/aromatic N) is 1. The minimum absolute atomic E-state index is 0.312. The van der Waals surface area contributed by atoms with Crippen LogP contribution in [-0.2, 0) is 0 Å². The van der Waals surface area contributed by atoms with Gasteiger partial charge < -0.3 is 14.8 Å². The maximum atomic E-state index is 13.2. The number of aromatic nitrogens is 2. The molecule has 0 bridgehead atoms. The lowest BCUT2D eigenvalue weighted by Crippen LogP contribution is -2.15. The molecule has 0 radical (unpaired) electrons. The van der Waals surface area contributed by atoms with Crippen LogP contribution in [0.1, 0.15) is 34.8 Å². The van der Waals surface area contributed by atoms with E-state index in [0.717, 1.165) is 24.1 Å². The van der Waals surface area contributed by atoms with Crippen molar-refractivity contribution in [3.8, 4) is 22.8 Å². The molecule has 1 saturated carbocycles. The van der Waals surface area contributed by atoms with Gasteiger partial charge in [0.05, 0.1) is 25.6 Å². The number of hydrogen-bond donors (Lipinski definition) is 2. The third-order valence-corrected chi connectivity index (χ3v) is 5.04. The maximum Gasteiger partial charge on any atom is 0.263 e. The molecule has 28 heavy (non-hydrogen) atoms. The molecule has 3 aromatic rings. The number of H-pyrrole nitrogens is 1. The molecule has 7 heteroatoms. The first-order valence-corrected chi connectivity index (χ1v) is 9.36. The molecule has 1 aliphatic rings. The van der Waals surface area contributed by atoms with Crippen molar-refractivity contribution in [3.63, 3.8) is 0 Å². The minimum Gasteiger partial charge on any atom is -0.496 e. The van der Waals surface area contributed by atoms with Gasteiger partial charge in [-0.1, -0.05) is 29.8 Å². The Kier molecular flexibility index (Phi) is 4.96. The summed E-state index contributed by atoms with van der Waals surface area (Å²) in [5, 5.41) is 11.2. The molecular weight excluding hydrogens is 378 g/mol. The Balaban J connectivity index is 1.75. The van der Waals surface area contributed by atoms with Crippen LogP contribution in [0.25, 0.3) is 11.3 Å². The van der Waals surface area contributed by atoms with E-state index < -0.39 is 0 Å². The predicted molar refractivity (Wildman–Crippen MR) is 109 cm³/mol. The normalized spacial score (nSPS) is 13.2. The second-order valence-corrected chi connectivity index (χ2v) is 7.07. The molecule has 1 heterocycles. The fourth-order valence-electron chi connectivity index (χ4n) is 3.22. The van der Waals surface area contributed by atoms with Crippen LogP contribution in [0.2, 0.25) is 5.02 Å². The fraction of sp³-hybridized carbons (Fsp3) is 0.238. The number of aromatic amines is 1. The van der Waals surface area contributed by atoms with E-state index in [9.17, 15) is 4.79 Å². The third kappa shape index (κ3) is 3.43.